The van der Waals surface area contributed by atoms with Crippen LogP contribution < -0.4 is 15.8 Å². The topological polar surface area (TPSA) is 79.9 Å². The Bertz CT molecular complexity index is 456. The summed E-state index contributed by atoms with van der Waals surface area (Å²) in [6.45, 7) is 6.63. The molecule has 106 valence electrons. The molecule has 0 aliphatic rings. The zero-order valence-electron chi connectivity index (χ0n) is 12.0. The van der Waals surface area contributed by atoms with Crippen molar-refractivity contribution in [1.82, 2.24) is 0 Å². The molecule has 0 aliphatic heterocycles. The summed E-state index contributed by atoms with van der Waals surface area (Å²) in [5.41, 5.74) is 7.43. The lowest BCUT2D eigenvalue weighted by molar-refractivity contribution is 0.306. The highest BCUT2D eigenvalue weighted by Crippen LogP contribution is 2.26. The molecule has 19 heavy (non-hydrogen) atoms. The third-order valence-corrected chi connectivity index (χ3v) is 3.22. The second kappa shape index (κ2) is 6.31. The summed E-state index contributed by atoms with van der Waals surface area (Å²) < 4.78 is 5.30. The lowest BCUT2D eigenvalue weighted by atomic mass is 9.88. The molecule has 4 N–H and O–H groups in total. The fraction of sp³-hybridized carbons (Fsp3) is 0.500. The highest BCUT2D eigenvalue weighted by Gasteiger charge is 2.23. The average molecular weight is 265 g/mol. The minimum Gasteiger partial charge on any atom is -0.495 e. The van der Waals surface area contributed by atoms with Gasteiger partial charge in [0.15, 0.2) is 0 Å². The minimum atomic E-state index is -0.348. The molecule has 0 bridgehead atoms. The van der Waals surface area contributed by atoms with Gasteiger partial charge in [-0.2, -0.15) is 0 Å². The number of hydrogen-bond acceptors (Lipinski definition) is 4. The second-order valence-electron chi connectivity index (χ2n) is 5.25. The van der Waals surface area contributed by atoms with Crippen LogP contribution in [0.4, 0.5) is 5.69 Å². The van der Waals surface area contributed by atoms with Crippen molar-refractivity contribution in [3.63, 3.8) is 0 Å². The van der Waals surface area contributed by atoms with Gasteiger partial charge in [-0.15, -0.1) is 0 Å². The van der Waals surface area contributed by atoms with Crippen LogP contribution in [0.3, 0.4) is 0 Å². The molecule has 0 atom stereocenters. The minimum absolute atomic E-state index is 0.241. The predicted molar refractivity (Wildman–Crippen MR) is 78.0 cm³/mol. The van der Waals surface area contributed by atoms with Crippen molar-refractivity contribution < 1.29 is 9.94 Å². The fourth-order valence-electron chi connectivity index (χ4n) is 1.73. The van der Waals surface area contributed by atoms with Crippen LogP contribution in [0, 0.1) is 12.3 Å². The number of nitrogens with zero attached hydrogens (tertiary/aromatic N) is 1. The van der Waals surface area contributed by atoms with E-state index in [2.05, 4.69) is 10.5 Å². The number of hydrogen-bond donors (Lipinski definition) is 3. The van der Waals surface area contributed by atoms with Crippen LogP contribution in [0.25, 0.3) is 0 Å². The van der Waals surface area contributed by atoms with Gasteiger partial charge in [0.2, 0.25) is 0 Å². The summed E-state index contributed by atoms with van der Waals surface area (Å²) in [6, 6.07) is 5.98. The van der Waals surface area contributed by atoms with E-state index in [4.69, 9.17) is 15.7 Å². The maximum absolute atomic E-state index is 8.73. The van der Waals surface area contributed by atoms with E-state index in [-0.39, 0.29) is 11.3 Å². The third kappa shape index (κ3) is 4.05. The normalized spacial score (nSPS) is 12.3. The van der Waals surface area contributed by atoms with Crippen LogP contribution >= 0.6 is 0 Å². The monoisotopic (exact) mass is 265 g/mol. The van der Waals surface area contributed by atoms with Crippen molar-refractivity contribution in [3.05, 3.63) is 23.8 Å². The Balaban J connectivity index is 2.65. The van der Waals surface area contributed by atoms with Gasteiger partial charge in [0, 0.05) is 12.0 Å². The van der Waals surface area contributed by atoms with E-state index in [0.29, 0.717) is 6.54 Å². The molecule has 1 rings (SSSR count). The number of benzene rings is 1. The van der Waals surface area contributed by atoms with E-state index in [1.165, 1.54) is 5.56 Å². The molecular formula is C14H23N3O2. The number of methoxy groups -OCH3 is 1. The number of oxime groups is 1. The lowest BCUT2D eigenvalue weighted by Gasteiger charge is -2.23. The van der Waals surface area contributed by atoms with Crippen LogP contribution in [0.1, 0.15) is 25.8 Å². The van der Waals surface area contributed by atoms with Gasteiger partial charge < -0.3 is 21.0 Å². The molecule has 0 aliphatic carbocycles. The molecular weight excluding hydrogens is 242 g/mol. The summed E-state index contributed by atoms with van der Waals surface area (Å²) in [5.74, 6) is 1.05. The number of anilines is 1. The van der Waals surface area contributed by atoms with Crippen molar-refractivity contribution in [2.24, 2.45) is 16.3 Å². The SMILES string of the molecule is COc1ccc(C)cc1NCCC(C)(C)C(N)=NO. The molecule has 5 heteroatoms. The van der Waals surface area contributed by atoms with Gasteiger partial charge in [-0.1, -0.05) is 25.1 Å². The number of nitrogens with one attached hydrogen (secondary N) is 1. The highest BCUT2D eigenvalue weighted by molar-refractivity contribution is 5.85. The Hall–Kier alpha value is -1.91. The van der Waals surface area contributed by atoms with E-state index in [1.807, 2.05) is 39.0 Å². The Morgan fingerprint density at radius 3 is 2.74 bits per heavy atom. The summed E-state index contributed by atoms with van der Waals surface area (Å²) >= 11 is 0. The van der Waals surface area contributed by atoms with E-state index >= 15 is 0 Å². The van der Waals surface area contributed by atoms with Crippen molar-refractivity contribution in [3.8, 4) is 5.75 Å². The van der Waals surface area contributed by atoms with Gasteiger partial charge in [0.1, 0.15) is 11.6 Å². The van der Waals surface area contributed by atoms with Gasteiger partial charge in [0.05, 0.1) is 12.8 Å². The molecule has 5 nitrogen and oxygen atoms in total. The van der Waals surface area contributed by atoms with Crippen LogP contribution in [0.5, 0.6) is 5.75 Å². The third-order valence-electron chi connectivity index (χ3n) is 3.22. The van der Waals surface area contributed by atoms with Gasteiger partial charge in [0.25, 0.3) is 0 Å². The standard InChI is InChI=1S/C14H23N3O2/c1-10-5-6-12(19-4)11(9-10)16-8-7-14(2,3)13(15)17-18/h5-6,9,16,18H,7-8H2,1-4H3,(H2,15,17). The molecule has 0 amide bonds. The fourth-order valence-corrected chi connectivity index (χ4v) is 1.73. The van der Waals surface area contributed by atoms with E-state index in [9.17, 15) is 0 Å². The van der Waals surface area contributed by atoms with E-state index < -0.39 is 0 Å². The van der Waals surface area contributed by atoms with Gasteiger partial charge in [-0.3, -0.25) is 0 Å². The van der Waals surface area contributed by atoms with E-state index in [1.54, 1.807) is 7.11 Å². The number of amidine groups is 1. The first kappa shape index (κ1) is 15.1. The highest BCUT2D eigenvalue weighted by atomic mass is 16.5. The molecule has 0 aromatic heterocycles. The Morgan fingerprint density at radius 1 is 1.47 bits per heavy atom. The first-order valence-electron chi connectivity index (χ1n) is 6.27. The number of ether oxygens (including phenoxy) is 1. The maximum Gasteiger partial charge on any atom is 0.144 e. The van der Waals surface area contributed by atoms with Crippen LogP contribution in [0.2, 0.25) is 0 Å². The van der Waals surface area contributed by atoms with Crippen LogP contribution in [-0.4, -0.2) is 24.7 Å². The molecule has 0 fully saturated rings. The second-order valence-corrected chi connectivity index (χ2v) is 5.25. The first-order chi connectivity index (χ1) is 8.90. The largest absolute Gasteiger partial charge is 0.495 e. The summed E-state index contributed by atoms with van der Waals surface area (Å²) in [5, 5.41) is 15.1. The molecule has 0 saturated heterocycles. The summed E-state index contributed by atoms with van der Waals surface area (Å²) in [6.07, 6.45) is 0.750. The smallest absolute Gasteiger partial charge is 0.144 e. The van der Waals surface area contributed by atoms with Crippen LogP contribution in [-0.2, 0) is 0 Å². The quantitative estimate of drug-likeness (QED) is 0.320. The van der Waals surface area contributed by atoms with Crippen molar-refractivity contribution >= 4 is 11.5 Å². The first-order valence-corrected chi connectivity index (χ1v) is 6.27. The van der Waals surface area contributed by atoms with Crippen molar-refractivity contribution in [1.29, 1.82) is 0 Å². The average Bonchev–Trinajstić information content (AvgIpc) is 2.37. The molecule has 0 unspecified atom stereocenters. The van der Waals surface area contributed by atoms with Gasteiger partial charge >= 0.3 is 0 Å². The Kier molecular flexibility index (Phi) is 5.03. The molecule has 1 aromatic rings. The number of nitrogens with two attached hydrogens (primary N) is 1. The Labute approximate surface area is 114 Å². The van der Waals surface area contributed by atoms with E-state index in [0.717, 1.165) is 17.9 Å². The van der Waals surface area contributed by atoms with Gasteiger partial charge in [-0.25, -0.2) is 0 Å². The van der Waals surface area contributed by atoms with Crippen LogP contribution in [0.15, 0.2) is 23.4 Å². The molecule has 0 heterocycles. The van der Waals surface area contributed by atoms with Crippen molar-refractivity contribution in [2.45, 2.75) is 27.2 Å². The zero-order valence-corrected chi connectivity index (χ0v) is 12.0. The summed E-state index contributed by atoms with van der Waals surface area (Å²) in [7, 11) is 1.65. The molecule has 1 aromatic carbocycles. The molecule has 0 radical (unpaired) electrons. The molecule has 0 saturated carbocycles. The Morgan fingerprint density at radius 2 is 2.16 bits per heavy atom. The summed E-state index contributed by atoms with van der Waals surface area (Å²) in [4.78, 5) is 0. The van der Waals surface area contributed by atoms with Gasteiger partial charge in [-0.05, 0) is 31.0 Å². The van der Waals surface area contributed by atoms with Crippen molar-refractivity contribution in [2.75, 3.05) is 19.0 Å². The maximum atomic E-state index is 8.73. The number of rotatable bonds is 6. The predicted octanol–water partition coefficient (Wildman–Crippen LogP) is 2.58. The number of aryl methyl sites for hydroxylation is 1. The lowest BCUT2D eigenvalue weighted by Crippen LogP contribution is -2.33. The molecule has 0 spiro atoms. The zero-order chi connectivity index (χ0) is 14.5.